The van der Waals surface area contributed by atoms with E-state index in [1.54, 1.807) is 6.07 Å². The summed E-state index contributed by atoms with van der Waals surface area (Å²) in [5, 5.41) is 13.0. The van der Waals surface area contributed by atoms with E-state index in [1.807, 2.05) is 54.6 Å². The van der Waals surface area contributed by atoms with Crippen LogP contribution in [0, 0.1) is 13.8 Å². The number of hydrogen-bond acceptors (Lipinski definition) is 5. The van der Waals surface area contributed by atoms with Crippen LogP contribution in [0.1, 0.15) is 54.6 Å². The number of halogens is 2. The summed E-state index contributed by atoms with van der Waals surface area (Å²) in [6, 6.07) is 8.76. The molecule has 0 unspecified atom stereocenters. The second-order valence-corrected chi connectivity index (χ2v) is 9.20. The van der Waals surface area contributed by atoms with Crippen LogP contribution in [0.2, 0.25) is 10.0 Å². The highest BCUT2D eigenvalue weighted by Gasteiger charge is 2.40. The highest BCUT2D eigenvalue weighted by molar-refractivity contribution is 6.42. The second-order valence-electron chi connectivity index (χ2n) is 8.38. The Morgan fingerprint density at radius 2 is 1.94 bits per heavy atom. The van der Waals surface area contributed by atoms with Gasteiger partial charge in [-0.3, -0.25) is 4.79 Å². The molecular weight excluding hydrogens is 449 g/mol. The SMILES string of the molecule is CC1=C(C(=O)N2CCC[C@H]2c2cc(C)no2)[C@@H](c2ccc(Cl)c(Cl)c2)n2nc(C)cc2N1. The molecule has 7 nitrogen and oxygen atoms in total. The van der Waals surface area contributed by atoms with Crippen molar-refractivity contribution in [3.8, 4) is 0 Å². The highest BCUT2D eigenvalue weighted by atomic mass is 35.5. The first-order chi connectivity index (χ1) is 15.3. The smallest absolute Gasteiger partial charge is 0.254 e. The van der Waals surface area contributed by atoms with Gasteiger partial charge in [-0.15, -0.1) is 0 Å². The van der Waals surface area contributed by atoms with Gasteiger partial charge in [0, 0.05) is 24.4 Å². The molecule has 9 heteroatoms. The summed E-state index contributed by atoms with van der Waals surface area (Å²) in [7, 11) is 0. The standard InChI is InChI=1S/C23H23Cl2N5O2/c1-12-10-20-26-14(3)21(22(30(20)27-12)15-6-7-16(24)17(25)11-15)23(31)29-8-4-5-18(29)19-9-13(2)28-32-19/h6-7,9-11,18,22,26H,4-5,8H2,1-3H3/t18-,22+/m0/s1. The molecule has 4 heterocycles. The number of nitrogens with one attached hydrogen (secondary N) is 1. The van der Waals surface area contributed by atoms with E-state index in [0.717, 1.165) is 47.1 Å². The molecule has 0 aliphatic carbocycles. The van der Waals surface area contributed by atoms with E-state index in [1.165, 1.54) is 0 Å². The lowest BCUT2D eigenvalue weighted by molar-refractivity contribution is -0.128. The Hall–Kier alpha value is -2.77. The quantitative estimate of drug-likeness (QED) is 0.549. The molecular formula is C23H23Cl2N5O2. The largest absolute Gasteiger partial charge is 0.359 e. The van der Waals surface area contributed by atoms with E-state index in [9.17, 15) is 4.79 Å². The van der Waals surface area contributed by atoms with E-state index in [0.29, 0.717) is 22.2 Å². The predicted molar refractivity (Wildman–Crippen MR) is 123 cm³/mol. The third-order valence-corrected chi connectivity index (χ3v) is 6.81. The molecule has 1 amide bonds. The molecule has 2 atom stereocenters. The number of aryl methyl sites for hydroxylation is 2. The van der Waals surface area contributed by atoms with Crippen LogP contribution in [0.25, 0.3) is 0 Å². The second kappa shape index (κ2) is 7.98. The van der Waals surface area contributed by atoms with Gasteiger partial charge in [0.2, 0.25) is 0 Å². The Labute approximate surface area is 196 Å². The molecule has 0 radical (unpaired) electrons. The fourth-order valence-electron chi connectivity index (χ4n) is 4.66. The zero-order valence-corrected chi connectivity index (χ0v) is 19.5. The van der Waals surface area contributed by atoms with E-state index in [2.05, 4.69) is 15.6 Å². The van der Waals surface area contributed by atoms with Gasteiger partial charge >= 0.3 is 0 Å². The fourth-order valence-corrected chi connectivity index (χ4v) is 4.97. The summed E-state index contributed by atoms with van der Waals surface area (Å²) in [6.07, 6.45) is 1.74. The van der Waals surface area contributed by atoms with Gasteiger partial charge in [0.15, 0.2) is 5.76 Å². The van der Waals surface area contributed by atoms with E-state index < -0.39 is 6.04 Å². The molecule has 2 aliphatic rings. The number of carbonyl (C=O) groups excluding carboxylic acids is 1. The molecule has 1 aromatic carbocycles. The van der Waals surface area contributed by atoms with Crippen LogP contribution in [-0.2, 0) is 4.79 Å². The maximum atomic E-state index is 14.0. The van der Waals surface area contributed by atoms with Crippen LogP contribution in [-0.4, -0.2) is 32.3 Å². The van der Waals surface area contributed by atoms with Crippen LogP contribution in [0.15, 0.2) is 46.1 Å². The molecule has 32 heavy (non-hydrogen) atoms. The molecule has 0 spiro atoms. The molecule has 2 aliphatic heterocycles. The van der Waals surface area contributed by atoms with Gasteiger partial charge in [-0.25, -0.2) is 4.68 Å². The number of carbonyl (C=O) groups is 1. The van der Waals surface area contributed by atoms with E-state index >= 15 is 0 Å². The molecule has 1 N–H and O–H groups in total. The summed E-state index contributed by atoms with van der Waals surface area (Å²) in [4.78, 5) is 15.9. The van der Waals surface area contributed by atoms with Crippen molar-refractivity contribution in [2.75, 3.05) is 11.9 Å². The van der Waals surface area contributed by atoms with E-state index in [4.69, 9.17) is 27.7 Å². The number of benzene rings is 1. The number of allylic oxidation sites excluding steroid dienone is 1. The van der Waals surface area contributed by atoms with Gasteiger partial charge < -0.3 is 14.7 Å². The lowest BCUT2D eigenvalue weighted by Crippen LogP contribution is -2.38. The summed E-state index contributed by atoms with van der Waals surface area (Å²) >= 11 is 12.5. The summed E-state index contributed by atoms with van der Waals surface area (Å²) < 4.78 is 7.36. The average molecular weight is 472 g/mol. The molecule has 1 fully saturated rings. The molecule has 1 saturated heterocycles. The predicted octanol–water partition coefficient (Wildman–Crippen LogP) is 5.45. The summed E-state index contributed by atoms with van der Waals surface area (Å²) in [5.41, 5.74) is 3.92. The van der Waals surface area contributed by atoms with Crippen LogP contribution < -0.4 is 5.32 Å². The molecule has 2 aromatic heterocycles. The number of aromatic nitrogens is 3. The Balaban J connectivity index is 1.60. The minimum atomic E-state index is -0.431. The first-order valence-corrected chi connectivity index (χ1v) is 11.3. The molecule has 3 aromatic rings. The fraction of sp³-hybridized carbons (Fsp3) is 0.348. The van der Waals surface area contributed by atoms with Crippen molar-refractivity contribution in [2.24, 2.45) is 0 Å². The van der Waals surface area contributed by atoms with Crippen molar-refractivity contribution in [2.45, 2.75) is 45.7 Å². The van der Waals surface area contributed by atoms with Crippen molar-refractivity contribution < 1.29 is 9.32 Å². The minimum absolute atomic E-state index is 0.0542. The normalized spacial score (nSPS) is 20.5. The number of amides is 1. The lowest BCUT2D eigenvalue weighted by atomic mass is 9.94. The van der Waals surface area contributed by atoms with Crippen LogP contribution in [0.3, 0.4) is 0 Å². The highest BCUT2D eigenvalue weighted by Crippen LogP contribution is 2.41. The lowest BCUT2D eigenvalue weighted by Gasteiger charge is -2.33. The zero-order valence-electron chi connectivity index (χ0n) is 18.0. The first-order valence-electron chi connectivity index (χ1n) is 10.6. The third-order valence-electron chi connectivity index (χ3n) is 6.07. The Kier molecular flexibility index (Phi) is 5.26. The van der Waals surface area contributed by atoms with Crippen molar-refractivity contribution in [1.29, 1.82) is 0 Å². The number of hydrogen-bond donors (Lipinski definition) is 1. The van der Waals surface area contributed by atoms with Crippen LogP contribution >= 0.6 is 23.2 Å². The van der Waals surface area contributed by atoms with E-state index in [-0.39, 0.29) is 11.9 Å². The molecule has 0 bridgehead atoms. The number of rotatable bonds is 3. The van der Waals surface area contributed by atoms with Gasteiger partial charge in [-0.05, 0) is 51.3 Å². The Morgan fingerprint density at radius 1 is 1.12 bits per heavy atom. The monoisotopic (exact) mass is 471 g/mol. The zero-order chi connectivity index (χ0) is 22.6. The van der Waals surface area contributed by atoms with Gasteiger partial charge in [-0.2, -0.15) is 5.10 Å². The van der Waals surface area contributed by atoms with Crippen molar-refractivity contribution in [3.05, 3.63) is 74.4 Å². The van der Waals surface area contributed by atoms with Crippen molar-refractivity contribution >= 4 is 34.9 Å². The van der Waals surface area contributed by atoms with Crippen molar-refractivity contribution in [1.82, 2.24) is 19.8 Å². The van der Waals surface area contributed by atoms with Gasteiger partial charge in [0.1, 0.15) is 11.9 Å². The van der Waals surface area contributed by atoms with Gasteiger partial charge in [-0.1, -0.05) is 34.4 Å². The Bertz CT molecular complexity index is 1240. The van der Waals surface area contributed by atoms with Gasteiger partial charge in [0.05, 0.1) is 33.0 Å². The number of likely N-dealkylation sites (tertiary alicyclic amines) is 1. The maximum Gasteiger partial charge on any atom is 0.254 e. The summed E-state index contributed by atoms with van der Waals surface area (Å²) in [5.74, 6) is 1.50. The maximum absolute atomic E-state index is 14.0. The van der Waals surface area contributed by atoms with Crippen LogP contribution in [0.4, 0.5) is 5.82 Å². The minimum Gasteiger partial charge on any atom is -0.359 e. The first kappa shape index (κ1) is 21.1. The Morgan fingerprint density at radius 3 is 2.66 bits per heavy atom. The topological polar surface area (TPSA) is 76.2 Å². The van der Waals surface area contributed by atoms with Crippen LogP contribution in [0.5, 0.6) is 0 Å². The van der Waals surface area contributed by atoms with Gasteiger partial charge in [0.25, 0.3) is 5.91 Å². The molecule has 5 rings (SSSR count). The number of fused-ring (bicyclic) bond motifs is 1. The summed E-state index contributed by atoms with van der Waals surface area (Å²) in [6.45, 7) is 6.39. The molecule has 0 saturated carbocycles. The third kappa shape index (κ3) is 3.49. The molecule has 166 valence electrons. The number of nitrogens with zero attached hydrogens (tertiary/aromatic N) is 4. The average Bonchev–Trinajstić information content (AvgIpc) is 3.47. The van der Waals surface area contributed by atoms with Crippen molar-refractivity contribution in [3.63, 3.8) is 0 Å². The number of anilines is 1.